The van der Waals surface area contributed by atoms with Crippen LogP contribution in [0.15, 0.2) is 5.16 Å². The minimum absolute atomic E-state index is 0.183. The lowest BCUT2D eigenvalue weighted by molar-refractivity contribution is -0.113. The molecule has 2 amide bonds. The lowest BCUT2D eigenvalue weighted by Gasteiger charge is -2.27. The predicted octanol–water partition coefficient (Wildman–Crippen LogP) is 1.51. The fourth-order valence-electron chi connectivity index (χ4n) is 3.71. The standard InChI is InChI=1S/C18H24N6O3S2/c1-2-24-17(23-6-8-27-9-7-23)21-22-18(24)28-10-13(25)20-16-14(15(19)26)11-4-3-5-12(11)29-16/h2-10H2,1H3,(H2,19,26)(H,20,25). The Bertz CT molecular complexity index is 919. The van der Waals surface area contributed by atoms with Gasteiger partial charge in [-0.15, -0.1) is 21.5 Å². The van der Waals surface area contributed by atoms with E-state index in [9.17, 15) is 9.59 Å². The molecule has 1 aliphatic heterocycles. The van der Waals surface area contributed by atoms with E-state index in [4.69, 9.17) is 10.5 Å². The van der Waals surface area contributed by atoms with Gasteiger partial charge in [0, 0.05) is 24.5 Å². The molecule has 0 bridgehead atoms. The SMILES string of the molecule is CCn1c(SCC(=O)Nc2sc3c(c2C(N)=O)CCC3)nnc1N1CCOCC1. The van der Waals surface area contributed by atoms with Gasteiger partial charge >= 0.3 is 0 Å². The molecular weight excluding hydrogens is 412 g/mol. The van der Waals surface area contributed by atoms with E-state index in [1.165, 1.54) is 23.1 Å². The number of ether oxygens (including phenoxy) is 1. The third-order valence-electron chi connectivity index (χ3n) is 5.06. The zero-order valence-electron chi connectivity index (χ0n) is 16.3. The number of primary amides is 1. The first kappa shape index (κ1) is 20.2. The Morgan fingerprint density at radius 2 is 2.07 bits per heavy atom. The van der Waals surface area contributed by atoms with Crippen LogP contribution in [0.25, 0.3) is 0 Å². The van der Waals surface area contributed by atoms with Crippen LogP contribution in [0.2, 0.25) is 0 Å². The predicted molar refractivity (Wildman–Crippen MR) is 113 cm³/mol. The van der Waals surface area contributed by atoms with Gasteiger partial charge in [0.15, 0.2) is 5.16 Å². The number of thioether (sulfide) groups is 1. The van der Waals surface area contributed by atoms with Crippen molar-refractivity contribution in [1.82, 2.24) is 14.8 Å². The number of rotatable bonds is 7. The first-order valence-corrected chi connectivity index (χ1v) is 11.5. The smallest absolute Gasteiger partial charge is 0.251 e. The number of carbonyl (C=O) groups is 2. The summed E-state index contributed by atoms with van der Waals surface area (Å²) in [4.78, 5) is 27.7. The van der Waals surface area contributed by atoms with Gasteiger partial charge in [-0.3, -0.25) is 14.2 Å². The molecule has 11 heteroatoms. The molecule has 3 heterocycles. The average Bonchev–Trinajstić information content (AvgIpc) is 3.40. The quantitative estimate of drug-likeness (QED) is 0.632. The van der Waals surface area contributed by atoms with Gasteiger partial charge in [-0.05, 0) is 31.7 Å². The van der Waals surface area contributed by atoms with Gasteiger partial charge in [0.2, 0.25) is 11.9 Å². The summed E-state index contributed by atoms with van der Waals surface area (Å²) in [6, 6.07) is 0. The molecule has 0 saturated carbocycles. The fourth-order valence-corrected chi connectivity index (χ4v) is 5.82. The lowest BCUT2D eigenvalue weighted by atomic mass is 10.1. The summed E-state index contributed by atoms with van der Waals surface area (Å²) in [6.07, 6.45) is 2.82. The minimum Gasteiger partial charge on any atom is -0.378 e. The number of amides is 2. The van der Waals surface area contributed by atoms with Crippen LogP contribution in [0, 0.1) is 0 Å². The Morgan fingerprint density at radius 1 is 1.28 bits per heavy atom. The molecule has 0 spiro atoms. The monoisotopic (exact) mass is 436 g/mol. The van der Waals surface area contributed by atoms with Crippen molar-refractivity contribution < 1.29 is 14.3 Å². The number of aromatic nitrogens is 3. The van der Waals surface area contributed by atoms with Crippen molar-refractivity contribution in [2.45, 2.75) is 37.9 Å². The Kier molecular flexibility index (Phi) is 6.07. The van der Waals surface area contributed by atoms with Crippen LogP contribution in [0.4, 0.5) is 10.9 Å². The zero-order chi connectivity index (χ0) is 20.4. The number of nitrogens with two attached hydrogens (primary N) is 1. The number of anilines is 2. The summed E-state index contributed by atoms with van der Waals surface area (Å²) in [7, 11) is 0. The molecule has 0 aromatic carbocycles. The van der Waals surface area contributed by atoms with Gasteiger partial charge in [0.1, 0.15) is 5.00 Å². The number of thiophene rings is 1. The van der Waals surface area contributed by atoms with E-state index in [0.717, 1.165) is 48.7 Å². The lowest BCUT2D eigenvalue weighted by Crippen LogP contribution is -2.38. The first-order valence-electron chi connectivity index (χ1n) is 9.71. The highest BCUT2D eigenvalue weighted by Gasteiger charge is 2.26. The number of nitrogens with one attached hydrogen (secondary N) is 1. The summed E-state index contributed by atoms with van der Waals surface area (Å²) < 4.78 is 7.41. The highest BCUT2D eigenvalue weighted by molar-refractivity contribution is 7.99. The Balaban J connectivity index is 1.42. The minimum atomic E-state index is -0.478. The van der Waals surface area contributed by atoms with Gasteiger partial charge < -0.3 is 20.7 Å². The molecule has 3 N–H and O–H groups in total. The molecule has 1 fully saturated rings. The van der Waals surface area contributed by atoms with E-state index in [1.807, 2.05) is 11.5 Å². The third kappa shape index (κ3) is 4.12. The maximum absolute atomic E-state index is 12.5. The van der Waals surface area contributed by atoms with Crippen LogP contribution in [0.1, 0.15) is 34.1 Å². The van der Waals surface area contributed by atoms with Gasteiger partial charge in [0.25, 0.3) is 5.91 Å². The molecule has 1 saturated heterocycles. The van der Waals surface area contributed by atoms with Crippen LogP contribution in [0.3, 0.4) is 0 Å². The maximum atomic E-state index is 12.5. The van der Waals surface area contributed by atoms with Crippen LogP contribution in [0.5, 0.6) is 0 Å². The molecule has 2 aliphatic rings. The Hall–Kier alpha value is -2.11. The highest BCUT2D eigenvalue weighted by Crippen LogP contribution is 2.39. The largest absolute Gasteiger partial charge is 0.378 e. The number of aryl methyl sites for hydroxylation is 1. The summed E-state index contributed by atoms with van der Waals surface area (Å²) in [5, 5.41) is 12.7. The fraction of sp³-hybridized carbons (Fsp3) is 0.556. The van der Waals surface area contributed by atoms with E-state index in [0.29, 0.717) is 35.5 Å². The normalized spacial score (nSPS) is 16.1. The molecule has 156 valence electrons. The molecule has 4 rings (SSSR count). The van der Waals surface area contributed by atoms with Gasteiger partial charge in [-0.1, -0.05) is 11.8 Å². The Morgan fingerprint density at radius 3 is 2.79 bits per heavy atom. The molecule has 1 aliphatic carbocycles. The van der Waals surface area contributed by atoms with E-state index in [2.05, 4.69) is 20.4 Å². The second kappa shape index (κ2) is 8.72. The van der Waals surface area contributed by atoms with E-state index in [1.54, 1.807) is 0 Å². The van der Waals surface area contributed by atoms with E-state index in [-0.39, 0.29) is 11.7 Å². The molecule has 2 aromatic rings. The van der Waals surface area contributed by atoms with E-state index < -0.39 is 5.91 Å². The number of nitrogens with zero attached hydrogens (tertiary/aromatic N) is 4. The number of morpholine rings is 1. The third-order valence-corrected chi connectivity index (χ3v) is 7.23. The maximum Gasteiger partial charge on any atom is 0.251 e. The number of hydrogen-bond donors (Lipinski definition) is 2. The highest BCUT2D eigenvalue weighted by atomic mass is 32.2. The van der Waals surface area contributed by atoms with Gasteiger partial charge in [-0.25, -0.2) is 0 Å². The van der Waals surface area contributed by atoms with E-state index >= 15 is 0 Å². The second-order valence-electron chi connectivity index (χ2n) is 6.89. The molecule has 9 nitrogen and oxygen atoms in total. The van der Waals surface area contributed by atoms with Crippen molar-refractivity contribution in [1.29, 1.82) is 0 Å². The molecule has 2 aromatic heterocycles. The second-order valence-corrected chi connectivity index (χ2v) is 8.94. The van der Waals surface area contributed by atoms with Crippen molar-refractivity contribution in [3.63, 3.8) is 0 Å². The zero-order valence-corrected chi connectivity index (χ0v) is 17.9. The molecule has 29 heavy (non-hydrogen) atoms. The van der Waals surface area contributed by atoms with Gasteiger partial charge in [0.05, 0.1) is 24.5 Å². The first-order chi connectivity index (χ1) is 14.1. The topological polar surface area (TPSA) is 115 Å². The molecule has 0 atom stereocenters. The molecule has 0 radical (unpaired) electrons. The average molecular weight is 437 g/mol. The number of fused-ring (bicyclic) bond motifs is 1. The van der Waals surface area contributed by atoms with Crippen molar-refractivity contribution in [2.24, 2.45) is 5.73 Å². The van der Waals surface area contributed by atoms with Crippen molar-refractivity contribution in [2.75, 3.05) is 42.3 Å². The summed E-state index contributed by atoms with van der Waals surface area (Å²) in [5.74, 6) is 0.329. The van der Waals surface area contributed by atoms with Crippen molar-refractivity contribution in [3.05, 3.63) is 16.0 Å². The summed E-state index contributed by atoms with van der Waals surface area (Å²) >= 11 is 2.80. The molecule has 0 unspecified atom stereocenters. The number of hydrogen-bond acceptors (Lipinski definition) is 8. The van der Waals surface area contributed by atoms with Crippen LogP contribution in [-0.2, 0) is 28.9 Å². The van der Waals surface area contributed by atoms with Crippen LogP contribution < -0.4 is 16.0 Å². The molecular formula is C18H24N6O3S2. The summed E-state index contributed by atoms with van der Waals surface area (Å²) in [5.41, 5.74) is 7.05. The van der Waals surface area contributed by atoms with Gasteiger partial charge in [-0.2, -0.15) is 0 Å². The van der Waals surface area contributed by atoms with Crippen LogP contribution >= 0.6 is 23.1 Å². The number of carbonyl (C=O) groups excluding carboxylic acids is 2. The van der Waals surface area contributed by atoms with Crippen molar-refractivity contribution >= 4 is 45.9 Å². The summed E-state index contributed by atoms with van der Waals surface area (Å²) in [6.45, 7) is 5.66. The Labute approximate surface area is 177 Å². The van der Waals surface area contributed by atoms with Crippen molar-refractivity contribution in [3.8, 4) is 0 Å². The van der Waals surface area contributed by atoms with Crippen LogP contribution in [-0.4, -0.2) is 58.6 Å².